The van der Waals surface area contributed by atoms with Crippen LogP contribution >= 0.6 is 12.4 Å². The van der Waals surface area contributed by atoms with Gasteiger partial charge in [-0.15, -0.1) is 27.8 Å². The molecular weight excluding hydrogens is 172 g/mol. The number of hydrogen-bond acceptors (Lipinski definition) is 4. The lowest BCUT2D eigenvalue weighted by molar-refractivity contribution is 0.315. The van der Waals surface area contributed by atoms with Crippen LogP contribution in [0.15, 0.2) is 10.2 Å². The van der Waals surface area contributed by atoms with Crippen molar-refractivity contribution in [3.05, 3.63) is 0 Å². The molecule has 0 amide bonds. The average molecular weight is 183 g/mol. The predicted octanol–water partition coefficient (Wildman–Crippen LogP) is -3.04. The van der Waals surface area contributed by atoms with Crippen LogP contribution in [0.4, 0.5) is 0 Å². The monoisotopic (exact) mass is 182 g/mol. The Morgan fingerprint density at radius 1 is 0.909 bits per heavy atom. The highest BCUT2D eigenvalue weighted by molar-refractivity contribution is 5.85. The van der Waals surface area contributed by atoms with Gasteiger partial charge in [0.15, 0.2) is 0 Å². The van der Waals surface area contributed by atoms with Crippen LogP contribution in [-0.2, 0) is 0 Å². The minimum absolute atomic E-state index is 0. The summed E-state index contributed by atoms with van der Waals surface area (Å²) in [5.74, 6) is 4.56. The number of nitrogens with two attached hydrogens (primary N) is 5. The van der Waals surface area contributed by atoms with Crippen LogP contribution < -0.4 is 28.8 Å². The summed E-state index contributed by atoms with van der Waals surface area (Å²) in [6.07, 6.45) is 0. The fourth-order valence-corrected chi connectivity index (χ4v) is 0.259. The Balaban J connectivity index is 0. The van der Waals surface area contributed by atoms with Crippen molar-refractivity contribution in [3.8, 4) is 0 Å². The van der Waals surface area contributed by atoms with E-state index in [1.54, 1.807) is 0 Å². The molecule has 0 fully saturated rings. The standard InChI is InChI=1S/C2H10N8.ClH/c3-1(4)8-10(7)9-2(5)6;/h7H2,(H4,3,4,8)(H4,5,6,9);1H. The maximum atomic E-state index is 5.01. The van der Waals surface area contributed by atoms with E-state index in [2.05, 4.69) is 10.2 Å². The zero-order chi connectivity index (χ0) is 8.15. The third-order valence-electron chi connectivity index (χ3n) is 0.436. The molecule has 0 unspecified atom stereocenters. The number of hydrazine groups is 1. The highest BCUT2D eigenvalue weighted by Gasteiger charge is 1.88. The molecule has 0 heterocycles. The molecule has 0 aliphatic carbocycles. The summed E-state index contributed by atoms with van der Waals surface area (Å²) in [5.41, 5.74) is 19.7. The summed E-state index contributed by atoms with van der Waals surface area (Å²) in [5, 5.41) is 7.08. The first-order chi connectivity index (χ1) is 4.52. The first-order valence-corrected chi connectivity index (χ1v) is 2.26. The van der Waals surface area contributed by atoms with Gasteiger partial charge in [-0.3, -0.25) is 0 Å². The van der Waals surface area contributed by atoms with Crippen molar-refractivity contribution in [2.45, 2.75) is 0 Å². The van der Waals surface area contributed by atoms with Crippen LogP contribution in [0.25, 0.3) is 0 Å². The maximum absolute atomic E-state index is 5.01. The lowest BCUT2D eigenvalue weighted by Gasteiger charge is -2.03. The van der Waals surface area contributed by atoms with Crippen molar-refractivity contribution < 1.29 is 0 Å². The van der Waals surface area contributed by atoms with Crippen molar-refractivity contribution in [1.82, 2.24) is 5.23 Å². The molecule has 66 valence electrons. The molecule has 0 bridgehead atoms. The van der Waals surface area contributed by atoms with Crippen LogP contribution in [0.5, 0.6) is 0 Å². The summed E-state index contributed by atoms with van der Waals surface area (Å²) < 4.78 is 0. The van der Waals surface area contributed by atoms with Gasteiger partial charge in [0.05, 0.1) is 0 Å². The molecule has 0 saturated carbocycles. The van der Waals surface area contributed by atoms with E-state index in [0.29, 0.717) is 5.23 Å². The van der Waals surface area contributed by atoms with E-state index in [1.165, 1.54) is 0 Å². The third-order valence-corrected chi connectivity index (χ3v) is 0.436. The second-order valence-corrected chi connectivity index (χ2v) is 1.37. The van der Waals surface area contributed by atoms with Crippen LogP contribution in [0.2, 0.25) is 0 Å². The molecule has 0 aliphatic heterocycles. The number of hydrogen-bond donors (Lipinski definition) is 5. The number of guanidine groups is 2. The highest BCUT2D eigenvalue weighted by Crippen LogP contribution is 1.75. The molecule has 0 aromatic heterocycles. The Kier molecular flexibility index (Phi) is 6.01. The number of rotatable bonds is 2. The molecule has 10 N–H and O–H groups in total. The zero-order valence-corrected chi connectivity index (χ0v) is 6.45. The van der Waals surface area contributed by atoms with Crippen LogP contribution in [-0.4, -0.2) is 17.1 Å². The van der Waals surface area contributed by atoms with E-state index in [0.717, 1.165) is 0 Å². The van der Waals surface area contributed by atoms with Crippen LogP contribution in [0.3, 0.4) is 0 Å². The molecular formula is C2H11ClN8. The summed E-state index contributed by atoms with van der Waals surface area (Å²) in [6.45, 7) is 0. The smallest absolute Gasteiger partial charge is 0.212 e. The SMILES string of the molecule is Cl.NC(N)=NN(N)N=C(N)N. The third kappa shape index (κ3) is 8.59. The summed E-state index contributed by atoms with van der Waals surface area (Å²) in [4.78, 5) is 0. The van der Waals surface area contributed by atoms with E-state index in [4.69, 9.17) is 28.8 Å². The fraction of sp³-hybridized carbons (Fsp3) is 0. The normalized spacial score (nSPS) is 7.36. The van der Waals surface area contributed by atoms with E-state index >= 15 is 0 Å². The molecule has 0 radical (unpaired) electrons. The number of nitrogens with zero attached hydrogens (tertiary/aromatic N) is 3. The minimum atomic E-state index is -0.229. The van der Waals surface area contributed by atoms with Gasteiger partial charge in [-0.05, 0) is 0 Å². The van der Waals surface area contributed by atoms with Gasteiger partial charge in [-0.2, -0.15) is 0 Å². The highest BCUT2D eigenvalue weighted by atomic mass is 35.5. The van der Waals surface area contributed by atoms with Crippen molar-refractivity contribution in [1.29, 1.82) is 0 Å². The molecule has 0 atom stereocenters. The second kappa shape index (κ2) is 5.38. The summed E-state index contributed by atoms with van der Waals surface area (Å²) in [7, 11) is 0. The van der Waals surface area contributed by atoms with Gasteiger partial charge >= 0.3 is 0 Å². The van der Waals surface area contributed by atoms with Crippen molar-refractivity contribution >= 4 is 24.3 Å². The second-order valence-electron chi connectivity index (χ2n) is 1.37. The van der Waals surface area contributed by atoms with E-state index < -0.39 is 0 Å². The molecule has 0 rings (SSSR count). The number of hydrazone groups is 2. The van der Waals surface area contributed by atoms with Gasteiger partial charge in [-0.1, -0.05) is 0 Å². The molecule has 0 aromatic rings. The zero-order valence-electron chi connectivity index (χ0n) is 5.64. The van der Waals surface area contributed by atoms with Gasteiger partial charge in [0.25, 0.3) is 0 Å². The first kappa shape index (κ1) is 12.3. The lowest BCUT2D eigenvalue weighted by atomic mass is 11.1. The van der Waals surface area contributed by atoms with Gasteiger partial charge in [0.2, 0.25) is 11.9 Å². The first-order valence-electron chi connectivity index (χ1n) is 2.26. The van der Waals surface area contributed by atoms with Gasteiger partial charge < -0.3 is 22.9 Å². The Morgan fingerprint density at radius 2 is 1.18 bits per heavy atom. The molecule has 8 nitrogen and oxygen atoms in total. The topological polar surface area (TPSA) is 158 Å². The predicted molar refractivity (Wildman–Crippen MR) is 44.9 cm³/mol. The molecule has 0 spiro atoms. The molecule has 0 aromatic carbocycles. The number of halogens is 1. The summed E-state index contributed by atoms with van der Waals surface area (Å²) >= 11 is 0. The maximum Gasteiger partial charge on any atom is 0.212 e. The van der Waals surface area contributed by atoms with Crippen molar-refractivity contribution in [2.75, 3.05) is 0 Å². The minimum Gasteiger partial charge on any atom is -0.369 e. The van der Waals surface area contributed by atoms with Gasteiger partial charge in [-0.25, -0.2) is 5.84 Å². The largest absolute Gasteiger partial charge is 0.369 e. The van der Waals surface area contributed by atoms with Crippen LogP contribution in [0, 0.1) is 0 Å². The van der Waals surface area contributed by atoms with Crippen molar-refractivity contribution in [3.63, 3.8) is 0 Å². The molecule has 11 heavy (non-hydrogen) atoms. The quantitative estimate of drug-likeness (QED) is 0.132. The Labute approximate surface area is 69.4 Å². The van der Waals surface area contributed by atoms with Gasteiger partial charge in [0.1, 0.15) is 0 Å². The van der Waals surface area contributed by atoms with Crippen molar-refractivity contribution in [2.24, 2.45) is 39.0 Å². The summed E-state index contributed by atoms with van der Waals surface area (Å²) in [6, 6.07) is 0. The van der Waals surface area contributed by atoms with E-state index in [-0.39, 0.29) is 24.3 Å². The van der Waals surface area contributed by atoms with E-state index in [1.807, 2.05) is 0 Å². The Hall–Kier alpha value is -1.41. The lowest BCUT2D eigenvalue weighted by Crippen LogP contribution is -2.33. The molecule has 9 heteroatoms. The molecule has 0 saturated heterocycles. The Morgan fingerprint density at radius 3 is 1.36 bits per heavy atom. The van der Waals surface area contributed by atoms with E-state index in [9.17, 15) is 0 Å². The van der Waals surface area contributed by atoms with Gasteiger partial charge in [0, 0.05) is 0 Å². The molecule has 0 aliphatic rings. The Bertz CT molecular complexity index is 135. The average Bonchev–Trinajstić information content (AvgIpc) is 1.58. The fourth-order valence-electron chi connectivity index (χ4n) is 0.259. The van der Waals surface area contributed by atoms with Crippen LogP contribution in [0.1, 0.15) is 0 Å².